The molecule has 0 radical (unpaired) electrons. The Morgan fingerprint density at radius 1 is 1.32 bits per heavy atom. The van der Waals surface area contributed by atoms with Crippen LogP contribution in [0.4, 0.5) is 0 Å². The van der Waals surface area contributed by atoms with Gasteiger partial charge in [0.25, 0.3) is 0 Å². The van der Waals surface area contributed by atoms with Gasteiger partial charge >= 0.3 is 0 Å². The van der Waals surface area contributed by atoms with Crippen molar-refractivity contribution in [3.05, 3.63) is 41.3 Å². The molecular formula is C15H18N2OS. The Kier molecular flexibility index (Phi) is 3.53. The molecule has 0 amide bonds. The summed E-state index contributed by atoms with van der Waals surface area (Å²) in [6.07, 6.45) is 4.51. The largest absolute Gasteiger partial charge is 0.378 e. The van der Waals surface area contributed by atoms with E-state index in [4.69, 9.17) is 17.0 Å². The van der Waals surface area contributed by atoms with Crippen LogP contribution >= 0.6 is 12.2 Å². The van der Waals surface area contributed by atoms with Gasteiger partial charge in [0.1, 0.15) is 0 Å². The van der Waals surface area contributed by atoms with Gasteiger partial charge in [-0.2, -0.15) is 0 Å². The highest BCUT2D eigenvalue weighted by atomic mass is 32.1. The molecule has 2 aromatic rings. The number of nitrogens with zero attached hydrogens (tertiary/aromatic N) is 1. The van der Waals surface area contributed by atoms with Crippen molar-refractivity contribution in [2.45, 2.75) is 31.9 Å². The highest BCUT2D eigenvalue weighted by Crippen LogP contribution is 2.37. The molecule has 19 heavy (non-hydrogen) atoms. The van der Waals surface area contributed by atoms with E-state index in [-0.39, 0.29) is 0 Å². The molecule has 3 nitrogen and oxygen atoms in total. The smallest absolute Gasteiger partial charge is 0.177 e. The van der Waals surface area contributed by atoms with Crippen LogP contribution in [-0.4, -0.2) is 22.3 Å². The summed E-state index contributed by atoms with van der Waals surface area (Å²) in [4.78, 5) is 3.17. The average Bonchev–Trinajstić information content (AvgIpc) is 2.76. The number of aromatic nitrogens is 2. The maximum Gasteiger partial charge on any atom is 0.177 e. The molecule has 100 valence electrons. The first-order valence-electron chi connectivity index (χ1n) is 6.76. The second kappa shape index (κ2) is 5.31. The number of hydrogen-bond donors (Lipinski definition) is 1. The fourth-order valence-electron chi connectivity index (χ4n) is 2.69. The molecule has 1 fully saturated rings. The van der Waals surface area contributed by atoms with E-state index in [9.17, 15) is 0 Å². The first kappa shape index (κ1) is 12.6. The summed E-state index contributed by atoms with van der Waals surface area (Å²) < 4.78 is 8.67. The van der Waals surface area contributed by atoms with Crippen LogP contribution in [0.2, 0.25) is 0 Å². The Hall–Kier alpha value is -1.39. The molecule has 1 saturated carbocycles. The second-order valence-corrected chi connectivity index (χ2v) is 5.30. The molecule has 0 atom stereocenters. The van der Waals surface area contributed by atoms with Crippen molar-refractivity contribution in [1.82, 2.24) is 9.55 Å². The molecule has 1 heterocycles. The van der Waals surface area contributed by atoms with Crippen LogP contribution in [0.3, 0.4) is 0 Å². The van der Waals surface area contributed by atoms with E-state index in [0.717, 1.165) is 24.2 Å². The minimum atomic E-state index is 0.399. The topological polar surface area (TPSA) is 29.9 Å². The fraction of sp³-hybridized carbons (Fsp3) is 0.400. The molecule has 0 saturated heterocycles. The molecule has 3 rings (SSSR count). The van der Waals surface area contributed by atoms with Gasteiger partial charge in [0.15, 0.2) is 4.77 Å². The quantitative estimate of drug-likeness (QED) is 0.855. The number of ether oxygens (including phenoxy) is 1. The Balaban J connectivity index is 1.87. The summed E-state index contributed by atoms with van der Waals surface area (Å²) in [7, 11) is 0. The number of imidazole rings is 1. The van der Waals surface area contributed by atoms with Crippen molar-refractivity contribution in [3.63, 3.8) is 0 Å². The van der Waals surface area contributed by atoms with Gasteiger partial charge in [-0.1, -0.05) is 30.3 Å². The maximum atomic E-state index is 5.63. The summed E-state index contributed by atoms with van der Waals surface area (Å²) in [5.74, 6) is 0. The van der Waals surface area contributed by atoms with Crippen LogP contribution < -0.4 is 0 Å². The Labute approximate surface area is 118 Å². The molecule has 0 unspecified atom stereocenters. The number of aromatic amines is 1. The van der Waals surface area contributed by atoms with E-state index in [2.05, 4.69) is 33.8 Å². The second-order valence-electron chi connectivity index (χ2n) is 4.92. The standard InChI is InChI=1S/C15H18N2OS/c1-2-18-13-8-12(9-13)17-14(10-16-15(17)19)11-6-4-3-5-7-11/h3-7,10,12-13H,2,8-9H2,1H3,(H,16,19). The van der Waals surface area contributed by atoms with E-state index in [0.29, 0.717) is 12.1 Å². The number of H-pyrrole nitrogens is 1. The third-order valence-corrected chi connectivity index (χ3v) is 4.03. The average molecular weight is 274 g/mol. The van der Waals surface area contributed by atoms with Crippen molar-refractivity contribution < 1.29 is 4.74 Å². The van der Waals surface area contributed by atoms with Gasteiger partial charge in [-0.05, 0) is 37.5 Å². The van der Waals surface area contributed by atoms with Gasteiger partial charge in [0.2, 0.25) is 0 Å². The molecule has 0 spiro atoms. The normalized spacial score (nSPS) is 22.2. The molecule has 0 bridgehead atoms. The molecule has 4 heteroatoms. The van der Waals surface area contributed by atoms with Crippen molar-refractivity contribution in [2.75, 3.05) is 6.61 Å². The fourth-order valence-corrected chi connectivity index (χ4v) is 3.00. The molecule has 0 aliphatic heterocycles. The van der Waals surface area contributed by atoms with E-state index >= 15 is 0 Å². The lowest BCUT2D eigenvalue weighted by Gasteiger charge is -2.36. The van der Waals surface area contributed by atoms with E-state index in [1.165, 1.54) is 11.3 Å². The summed E-state index contributed by atoms with van der Waals surface area (Å²) >= 11 is 5.42. The number of nitrogens with one attached hydrogen (secondary N) is 1. The minimum absolute atomic E-state index is 0.399. The Morgan fingerprint density at radius 3 is 2.74 bits per heavy atom. The summed E-state index contributed by atoms with van der Waals surface area (Å²) in [6.45, 7) is 2.84. The van der Waals surface area contributed by atoms with Gasteiger partial charge < -0.3 is 14.3 Å². The number of benzene rings is 1. The van der Waals surface area contributed by atoms with Crippen LogP contribution in [0.25, 0.3) is 11.3 Å². The molecule has 1 aromatic heterocycles. The monoisotopic (exact) mass is 274 g/mol. The van der Waals surface area contributed by atoms with Crippen molar-refractivity contribution in [2.24, 2.45) is 0 Å². The van der Waals surface area contributed by atoms with E-state index in [1.807, 2.05) is 19.2 Å². The van der Waals surface area contributed by atoms with Crippen LogP contribution in [0.15, 0.2) is 36.5 Å². The van der Waals surface area contributed by atoms with Gasteiger partial charge in [-0.15, -0.1) is 0 Å². The third kappa shape index (κ3) is 2.38. The maximum absolute atomic E-state index is 5.63. The molecule has 1 N–H and O–H groups in total. The van der Waals surface area contributed by atoms with Crippen LogP contribution in [0.5, 0.6) is 0 Å². The zero-order chi connectivity index (χ0) is 13.2. The highest BCUT2D eigenvalue weighted by Gasteiger charge is 2.32. The van der Waals surface area contributed by atoms with Crippen molar-refractivity contribution >= 4 is 12.2 Å². The number of hydrogen-bond acceptors (Lipinski definition) is 2. The highest BCUT2D eigenvalue weighted by molar-refractivity contribution is 7.71. The molecule has 1 aromatic carbocycles. The Morgan fingerprint density at radius 2 is 2.05 bits per heavy atom. The molecule has 1 aliphatic carbocycles. The lowest BCUT2D eigenvalue weighted by molar-refractivity contribution is -0.0196. The van der Waals surface area contributed by atoms with Crippen molar-refractivity contribution in [1.29, 1.82) is 0 Å². The van der Waals surface area contributed by atoms with Gasteiger partial charge in [0.05, 0.1) is 11.8 Å². The first-order chi connectivity index (χ1) is 9.29. The lowest BCUT2D eigenvalue weighted by atomic mass is 9.88. The predicted octanol–water partition coefficient (Wildman–Crippen LogP) is 3.95. The van der Waals surface area contributed by atoms with Crippen LogP contribution in [0, 0.1) is 4.77 Å². The van der Waals surface area contributed by atoms with E-state index < -0.39 is 0 Å². The third-order valence-electron chi connectivity index (χ3n) is 3.72. The van der Waals surface area contributed by atoms with E-state index in [1.54, 1.807) is 0 Å². The first-order valence-corrected chi connectivity index (χ1v) is 7.17. The van der Waals surface area contributed by atoms with Gasteiger partial charge in [-0.25, -0.2) is 0 Å². The summed E-state index contributed by atoms with van der Waals surface area (Å²) in [5, 5.41) is 0. The lowest BCUT2D eigenvalue weighted by Crippen LogP contribution is -2.33. The zero-order valence-electron chi connectivity index (χ0n) is 11.0. The Bertz CT molecular complexity index is 596. The minimum Gasteiger partial charge on any atom is -0.378 e. The summed E-state index contributed by atoms with van der Waals surface area (Å²) in [6, 6.07) is 10.8. The molecular weight excluding hydrogens is 256 g/mol. The van der Waals surface area contributed by atoms with Crippen LogP contribution in [0.1, 0.15) is 25.8 Å². The SMILES string of the molecule is CCOC1CC(n2c(-c3ccccc3)c[nH]c2=S)C1. The zero-order valence-corrected chi connectivity index (χ0v) is 11.8. The summed E-state index contributed by atoms with van der Waals surface area (Å²) in [5.41, 5.74) is 2.38. The van der Waals surface area contributed by atoms with Gasteiger partial charge in [-0.3, -0.25) is 0 Å². The molecule has 1 aliphatic rings. The predicted molar refractivity (Wildman–Crippen MR) is 78.7 cm³/mol. The van der Waals surface area contributed by atoms with Gasteiger partial charge in [0, 0.05) is 18.8 Å². The number of rotatable bonds is 4. The van der Waals surface area contributed by atoms with Crippen LogP contribution in [-0.2, 0) is 4.74 Å². The van der Waals surface area contributed by atoms with Crippen molar-refractivity contribution in [3.8, 4) is 11.3 Å².